The number of rotatable bonds is 4. The zero-order valence-electron chi connectivity index (χ0n) is 13.0. The average Bonchev–Trinajstić information content (AvgIpc) is 2.37. The quantitative estimate of drug-likeness (QED) is 0.852. The second-order valence-corrected chi connectivity index (χ2v) is 5.74. The highest BCUT2D eigenvalue weighted by Crippen LogP contribution is 2.35. The first-order valence-corrected chi connectivity index (χ1v) is 7.22. The molecule has 0 aliphatic heterocycles. The SMILES string of the molecule is Cc1ccc(C(C)C)c(Oc2cccc(F)c2[C@H](C)N)c1. The molecule has 0 heterocycles. The van der Waals surface area contributed by atoms with E-state index in [1.165, 1.54) is 6.07 Å². The van der Waals surface area contributed by atoms with Crippen LogP contribution < -0.4 is 10.5 Å². The summed E-state index contributed by atoms with van der Waals surface area (Å²) < 4.78 is 20.0. The van der Waals surface area contributed by atoms with Gasteiger partial charge in [-0.25, -0.2) is 4.39 Å². The summed E-state index contributed by atoms with van der Waals surface area (Å²) in [4.78, 5) is 0. The minimum absolute atomic E-state index is 0.327. The van der Waals surface area contributed by atoms with Crippen LogP contribution in [-0.2, 0) is 0 Å². The molecule has 3 heteroatoms. The second kappa shape index (κ2) is 6.27. The van der Waals surface area contributed by atoms with Gasteiger partial charge in [0.25, 0.3) is 0 Å². The molecule has 0 bridgehead atoms. The highest BCUT2D eigenvalue weighted by molar-refractivity contribution is 5.45. The van der Waals surface area contributed by atoms with Gasteiger partial charge in [0.2, 0.25) is 0 Å². The molecule has 2 aromatic carbocycles. The average molecular weight is 287 g/mol. The molecule has 0 unspecified atom stereocenters. The maximum atomic E-state index is 14.0. The fourth-order valence-electron chi connectivity index (χ4n) is 2.37. The van der Waals surface area contributed by atoms with Gasteiger partial charge in [0.15, 0.2) is 0 Å². The van der Waals surface area contributed by atoms with Crippen molar-refractivity contribution in [1.29, 1.82) is 0 Å². The minimum atomic E-state index is -0.423. The molecule has 2 N–H and O–H groups in total. The Morgan fingerprint density at radius 2 is 1.76 bits per heavy atom. The zero-order chi connectivity index (χ0) is 15.6. The summed E-state index contributed by atoms with van der Waals surface area (Å²) in [5.74, 6) is 1.24. The number of hydrogen-bond acceptors (Lipinski definition) is 2. The molecule has 0 fully saturated rings. The molecule has 0 radical (unpaired) electrons. The van der Waals surface area contributed by atoms with E-state index in [0.29, 0.717) is 17.2 Å². The molecule has 21 heavy (non-hydrogen) atoms. The minimum Gasteiger partial charge on any atom is -0.457 e. The number of ether oxygens (including phenoxy) is 1. The molecule has 2 aromatic rings. The number of aryl methyl sites for hydroxylation is 1. The Balaban J connectivity index is 2.48. The van der Waals surface area contributed by atoms with Crippen LogP contribution in [0.25, 0.3) is 0 Å². The Labute approximate surface area is 125 Å². The van der Waals surface area contributed by atoms with Crippen LogP contribution in [0.2, 0.25) is 0 Å². The Hall–Kier alpha value is -1.87. The van der Waals surface area contributed by atoms with E-state index in [4.69, 9.17) is 10.5 Å². The van der Waals surface area contributed by atoms with Crippen LogP contribution in [-0.4, -0.2) is 0 Å². The van der Waals surface area contributed by atoms with Crippen LogP contribution in [0.3, 0.4) is 0 Å². The number of nitrogens with two attached hydrogens (primary N) is 1. The van der Waals surface area contributed by atoms with Gasteiger partial charge in [-0.05, 0) is 49.1 Å². The van der Waals surface area contributed by atoms with Gasteiger partial charge in [0.05, 0.1) is 0 Å². The van der Waals surface area contributed by atoms with Gasteiger partial charge in [-0.2, -0.15) is 0 Å². The fourth-order valence-corrected chi connectivity index (χ4v) is 2.37. The lowest BCUT2D eigenvalue weighted by molar-refractivity contribution is 0.453. The molecule has 2 rings (SSSR count). The predicted octanol–water partition coefficient (Wildman–Crippen LogP) is 5.07. The number of halogens is 1. The third kappa shape index (κ3) is 3.42. The maximum Gasteiger partial charge on any atom is 0.135 e. The van der Waals surface area contributed by atoms with Crippen LogP contribution in [0, 0.1) is 12.7 Å². The van der Waals surface area contributed by atoms with E-state index in [2.05, 4.69) is 26.0 Å². The van der Waals surface area contributed by atoms with Gasteiger partial charge in [0.1, 0.15) is 17.3 Å². The van der Waals surface area contributed by atoms with Gasteiger partial charge >= 0.3 is 0 Å². The highest BCUT2D eigenvalue weighted by atomic mass is 19.1. The van der Waals surface area contributed by atoms with Crippen molar-refractivity contribution in [3.63, 3.8) is 0 Å². The monoisotopic (exact) mass is 287 g/mol. The van der Waals surface area contributed by atoms with Crippen molar-refractivity contribution in [2.45, 2.75) is 39.7 Å². The summed E-state index contributed by atoms with van der Waals surface area (Å²) in [7, 11) is 0. The van der Waals surface area contributed by atoms with E-state index in [9.17, 15) is 4.39 Å². The van der Waals surface area contributed by atoms with Crippen LogP contribution in [0.5, 0.6) is 11.5 Å². The van der Waals surface area contributed by atoms with Crippen molar-refractivity contribution < 1.29 is 9.13 Å². The summed E-state index contributed by atoms with van der Waals surface area (Å²) >= 11 is 0. The van der Waals surface area contributed by atoms with E-state index in [1.807, 2.05) is 13.0 Å². The predicted molar refractivity (Wildman–Crippen MR) is 84.3 cm³/mol. The van der Waals surface area contributed by atoms with Crippen LogP contribution in [0.15, 0.2) is 36.4 Å². The Morgan fingerprint density at radius 1 is 1.05 bits per heavy atom. The lowest BCUT2D eigenvalue weighted by Crippen LogP contribution is -2.09. The lowest BCUT2D eigenvalue weighted by Gasteiger charge is -2.18. The molecule has 0 aromatic heterocycles. The number of hydrogen-bond donors (Lipinski definition) is 1. The molecule has 0 aliphatic rings. The largest absolute Gasteiger partial charge is 0.457 e. The number of benzene rings is 2. The first kappa shape index (κ1) is 15.5. The summed E-state index contributed by atoms with van der Waals surface area (Å²) in [6.45, 7) is 7.98. The molecule has 0 amide bonds. The van der Waals surface area contributed by atoms with Gasteiger partial charge in [-0.15, -0.1) is 0 Å². The molecule has 0 saturated carbocycles. The standard InChI is InChI=1S/C18H22FNO/c1-11(2)14-9-8-12(3)10-17(14)21-16-7-5-6-15(19)18(16)13(4)20/h5-11,13H,20H2,1-4H3/t13-/m0/s1. The summed E-state index contributed by atoms with van der Waals surface area (Å²) in [5, 5.41) is 0. The van der Waals surface area contributed by atoms with Crippen molar-refractivity contribution in [1.82, 2.24) is 0 Å². The second-order valence-electron chi connectivity index (χ2n) is 5.74. The van der Waals surface area contributed by atoms with E-state index in [1.54, 1.807) is 19.1 Å². The Kier molecular flexibility index (Phi) is 4.63. The molecule has 2 nitrogen and oxygen atoms in total. The van der Waals surface area contributed by atoms with Crippen LogP contribution in [0.4, 0.5) is 4.39 Å². The van der Waals surface area contributed by atoms with E-state index < -0.39 is 6.04 Å². The molecule has 112 valence electrons. The fraction of sp³-hybridized carbons (Fsp3) is 0.333. The normalized spacial score (nSPS) is 12.5. The van der Waals surface area contributed by atoms with Crippen molar-refractivity contribution in [2.24, 2.45) is 5.73 Å². The summed E-state index contributed by atoms with van der Waals surface area (Å²) in [6, 6.07) is 10.5. The van der Waals surface area contributed by atoms with E-state index in [-0.39, 0.29) is 5.82 Å². The van der Waals surface area contributed by atoms with E-state index >= 15 is 0 Å². The maximum absolute atomic E-state index is 14.0. The third-order valence-corrected chi connectivity index (χ3v) is 3.48. The Bertz CT molecular complexity index is 635. The van der Waals surface area contributed by atoms with Crippen molar-refractivity contribution in [3.05, 3.63) is 58.9 Å². The first-order valence-electron chi connectivity index (χ1n) is 7.22. The lowest BCUT2D eigenvalue weighted by atomic mass is 10.0. The molecule has 0 spiro atoms. The van der Waals surface area contributed by atoms with Gasteiger partial charge in [-0.3, -0.25) is 0 Å². The van der Waals surface area contributed by atoms with Gasteiger partial charge in [-0.1, -0.05) is 32.0 Å². The summed E-state index contributed by atoms with van der Waals surface area (Å²) in [5.41, 5.74) is 8.49. The Morgan fingerprint density at radius 3 is 2.38 bits per heavy atom. The topological polar surface area (TPSA) is 35.2 Å². The first-order chi connectivity index (χ1) is 9.90. The van der Waals surface area contributed by atoms with Gasteiger partial charge in [0, 0.05) is 11.6 Å². The van der Waals surface area contributed by atoms with Gasteiger partial charge < -0.3 is 10.5 Å². The van der Waals surface area contributed by atoms with Crippen LogP contribution >= 0.6 is 0 Å². The summed E-state index contributed by atoms with van der Waals surface area (Å²) in [6.07, 6.45) is 0. The third-order valence-electron chi connectivity index (χ3n) is 3.48. The molecule has 0 saturated heterocycles. The van der Waals surface area contributed by atoms with Crippen molar-refractivity contribution >= 4 is 0 Å². The molecular weight excluding hydrogens is 265 g/mol. The van der Waals surface area contributed by atoms with Crippen molar-refractivity contribution in [2.75, 3.05) is 0 Å². The van der Waals surface area contributed by atoms with E-state index in [0.717, 1.165) is 16.9 Å². The van der Waals surface area contributed by atoms with Crippen molar-refractivity contribution in [3.8, 4) is 11.5 Å². The van der Waals surface area contributed by atoms with Crippen LogP contribution in [0.1, 0.15) is 49.4 Å². The molecular formula is C18H22FNO. The molecule has 1 atom stereocenters. The molecule has 0 aliphatic carbocycles. The zero-order valence-corrected chi connectivity index (χ0v) is 13.0. The highest BCUT2D eigenvalue weighted by Gasteiger charge is 2.16. The smallest absolute Gasteiger partial charge is 0.135 e.